The van der Waals surface area contributed by atoms with Crippen LogP contribution in [0.4, 0.5) is 0 Å². The number of nitrogens with one attached hydrogen (secondary N) is 1. The average molecular weight is 345 g/mol. The van der Waals surface area contributed by atoms with Gasteiger partial charge in [-0.3, -0.25) is 4.98 Å². The van der Waals surface area contributed by atoms with E-state index in [0.29, 0.717) is 22.7 Å². The lowest BCUT2D eigenvalue weighted by molar-refractivity contribution is -0.139. The first-order valence-corrected chi connectivity index (χ1v) is 8.21. The minimum absolute atomic E-state index is 0.102. The lowest BCUT2D eigenvalue weighted by Crippen LogP contribution is -2.36. The highest BCUT2D eigenvalue weighted by Crippen LogP contribution is 2.38. The molecule has 2 rings (SSSR count). The minimum Gasteiger partial charge on any atom is -0.463 e. The molecular weight excluding hydrogens is 322 g/mol. The van der Waals surface area contributed by atoms with Gasteiger partial charge in [0.25, 0.3) is 0 Å². The first kappa shape index (κ1) is 18.7. The summed E-state index contributed by atoms with van der Waals surface area (Å²) in [5, 5.41) is 3.05. The van der Waals surface area contributed by atoms with Gasteiger partial charge in [-0.05, 0) is 32.9 Å². The molecule has 0 aromatic carbocycles. The molecule has 1 unspecified atom stereocenters. The number of hydrogen-bond donors (Lipinski definition) is 2. The molecule has 0 amide bonds. The van der Waals surface area contributed by atoms with Gasteiger partial charge in [0.2, 0.25) is 0 Å². The molecule has 0 bridgehead atoms. The van der Waals surface area contributed by atoms with Crippen molar-refractivity contribution in [2.24, 2.45) is 5.73 Å². The Morgan fingerprint density at radius 3 is 2.32 bits per heavy atom. The van der Waals surface area contributed by atoms with Crippen LogP contribution >= 0.6 is 0 Å². The fourth-order valence-corrected chi connectivity index (χ4v) is 2.83. The molecule has 7 nitrogen and oxygen atoms in total. The Kier molecular flexibility index (Phi) is 6.30. The maximum absolute atomic E-state index is 12.6. The zero-order valence-electron chi connectivity index (χ0n) is 14.7. The molecule has 134 valence electrons. The average Bonchev–Trinajstić information content (AvgIpc) is 2.61. The molecule has 0 spiro atoms. The number of nitrogens with zero attached hydrogens (tertiary/aromatic N) is 1. The first-order chi connectivity index (χ1) is 12.0. The van der Waals surface area contributed by atoms with E-state index in [0.717, 1.165) is 0 Å². The van der Waals surface area contributed by atoms with Gasteiger partial charge >= 0.3 is 11.9 Å². The highest BCUT2D eigenvalue weighted by atomic mass is 16.5. The Bertz CT molecular complexity index is 710. The first-order valence-electron chi connectivity index (χ1n) is 8.21. The number of rotatable bonds is 6. The summed E-state index contributed by atoms with van der Waals surface area (Å²) in [6.07, 6.45) is 1.61. The van der Waals surface area contributed by atoms with Crippen LogP contribution in [0.25, 0.3) is 0 Å². The summed E-state index contributed by atoms with van der Waals surface area (Å²) in [5.74, 6) is -1.72. The molecule has 0 saturated heterocycles. The van der Waals surface area contributed by atoms with Gasteiger partial charge < -0.3 is 20.5 Å². The summed E-state index contributed by atoms with van der Waals surface area (Å²) >= 11 is 0. The molecule has 1 aromatic heterocycles. The van der Waals surface area contributed by atoms with Gasteiger partial charge in [-0.1, -0.05) is 6.07 Å². The Morgan fingerprint density at radius 1 is 1.16 bits per heavy atom. The number of nitrogens with two attached hydrogens (primary N) is 1. The van der Waals surface area contributed by atoms with E-state index in [-0.39, 0.29) is 25.3 Å². The molecule has 1 aliphatic heterocycles. The molecule has 25 heavy (non-hydrogen) atoms. The molecule has 0 radical (unpaired) electrons. The van der Waals surface area contributed by atoms with Crippen LogP contribution in [0.5, 0.6) is 0 Å². The van der Waals surface area contributed by atoms with Gasteiger partial charge in [-0.25, -0.2) is 9.59 Å². The molecule has 0 aliphatic carbocycles. The Balaban J connectivity index is 2.64. The molecule has 3 N–H and O–H groups in total. The zero-order valence-corrected chi connectivity index (χ0v) is 14.7. The summed E-state index contributed by atoms with van der Waals surface area (Å²) in [6, 6.07) is 5.33. The maximum Gasteiger partial charge on any atom is 0.336 e. The Morgan fingerprint density at radius 2 is 1.80 bits per heavy atom. The predicted octanol–water partition coefficient (Wildman–Crippen LogP) is 1.38. The SMILES string of the molecule is CCOC(=O)C1=C(C)NC(CN)=C(C(=O)OCC)C1c1ccccn1. The summed E-state index contributed by atoms with van der Waals surface area (Å²) in [5.41, 5.74) is 8.10. The van der Waals surface area contributed by atoms with E-state index < -0.39 is 17.9 Å². The number of esters is 2. The van der Waals surface area contributed by atoms with Crippen molar-refractivity contribution in [3.05, 3.63) is 52.6 Å². The van der Waals surface area contributed by atoms with Crippen molar-refractivity contribution in [3.63, 3.8) is 0 Å². The van der Waals surface area contributed by atoms with Crippen molar-refractivity contribution in [1.29, 1.82) is 0 Å². The van der Waals surface area contributed by atoms with Gasteiger partial charge in [0.1, 0.15) is 0 Å². The van der Waals surface area contributed by atoms with Crippen LogP contribution in [0.1, 0.15) is 32.4 Å². The molecule has 1 aromatic rings. The molecule has 0 saturated carbocycles. The monoisotopic (exact) mass is 345 g/mol. The molecule has 1 aliphatic rings. The second-order valence-electron chi connectivity index (χ2n) is 5.39. The van der Waals surface area contributed by atoms with Crippen molar-refractivity contribution in [3.8, 4) is 0 Å². The number of dihydropyridines is 1. The number of hydrogen-bond acceptors (Lipinski definition) is 7. The second kappa shape index (κ2) is 8.43. The largest absolute Gasteiger partial charge is 0.463 e. The van der Waals surface area contributed by atoms with Gasteiger partial charge in [0.05, 0.1) is 36.0 Å². The topological polar surface area (TPSA) is 104 Å². The minimum atomic E-state index is -0.695. The standard InChI is InChI=1S/C18H23N3O4/c1-4-24-17(22)14-11(3)21-13(10-19)16(18(23)25-5-2)15(14)12-8-6-7-9-20-12/h6-9,15,21H,4-5,10,19H2,1-3H3. The third kappa shape index (κ3) is 3.88. The van der Waals surface area contributed by atoms with Crippen LogP contribution in [0.2, 0.25) is 0 Å². The Hall–Kier alpha value is -2.67. The summed E-state index contributed by atoms with van der Waals surface area (Å²) < 4.78 is 10.4. The highest BCUT2D eigenvalue weighted by Gasteiger charge is 2.39. The van der Waals surface area contributed by atoms with Crippen LogP contribution in [0.15, 0.2) is 46.9 Å². The quantitative estimate of drug-likeness (QED) is 0.751. The third-order valence-electron chi connectivity index (χ3n) is 3.82. The van der Waals surface area contributed by atoms with Crippen LogP contribution in [-0.2, 0) is 19.1 Å². The molecular formula is C18H23N3O4. The van der Waals surface area contributed by atoms with Gasteiger partial charge in [-0.15, -0.1) is 0 Å². The van der Waals surface area contributed by atoms with E-state index in [1.807, 2.05) is 0 Å². The molecule has 1 atom stereocenters. The van der Waals surface area contributed by atoms with Gasteiger partial charge in [0.15, 0.2) is 0 Å². The van der Waals surface area contributed by atoms with Crippen molar-refractivity contribution < 1.29 is 19.1 Å². The van der Waals surface area contributed by atoms with E-state index in [1.54, 1.807) is 45.2 Å². The van der Waals surface area contributed by atoms with Crippen LogP contribution in [-0.4, -0.2) is 36.7 Å². The maximum atomic E-state index is 12.6. The summed E-state index contributed by atoms with van der Waals surface area (Å²) in [4.78, 5) is 29.5. The number of aromatic nitrogens is 1. The van der Waals surface area contributed by atoms with E-state index in [1.165, 1.54) is 0 Å². The lowest BCUT2D eigenvalue weighted by atomic mass is 9.82. The number of ether oxygens (including phenoxy) is 2. The smallest absolute Gasteiger partial charge is 0.336 e. The lowest BCUT2D eigenvalue weighted by Gasteiger charge is -2.30. The second-order valence-corrected chi connectivity index (χ2v) is 5.39. The molecule has 0 fully saturated rings. The highest BCUT2D eigenvalue weighted by molar-refractivity contribution is 5.99. The number of carbonyl (C=O) groups is 2. The number of carbonyl (C=O) groups excluding carboxylic acids is 2. The zero-order chi connectivity index (χ0) is 18.4. The van der Waals surface area contributed by atoms with Crippen LogP contribution in [0, 0.1) is 0 Å². The van der Waals surface area contributed by atoms with E-state index in [9.17, 15) is 9.59 Å². The fraction of sp³-hybridized carbons (Fsp3) is 0.389. The molecule has 7 heteroatoms. The Labute approximate surface area is 146 Å². The fourth-order valence-electron chi connectivity index (χ4n) is 2.83. The van der Waals surface area contributed by atoms with Crippen molar-refractivity contribution >= 4 is 11.9 Å². The molecule has 2 heterocycles. The van der Waals surface area contributed by atoms with Crippen molar-refractivity contribution in [2.45, 2.75) is 26.7 Å². The number of pyridine rings is 1. The predicted molar refractivity (Wildman–Crippen MR) is 92.2 cm³/mol. The summed E-state index contributed by atoms with van der Waals surface area (Å²) in [7, 11) is 0. The third-order valence-corrected chi connectivity index (χ3v) is 3.82. The van der Waals surface area contributed by atoms with Crippen LogP contribution in [0.3, 0.4) is 0 Å². The van der Waals surface area contributed by atoms with Crippen LogP contribution < -0.4 is 11.1 Å². The summed E-state index contributed by atoms with van der Waals surface area (Å²) in [6.45, 7) is 5.75. The van der Waals surface area contributed by atoms with Gasteiger partial charge in [0, 0.05) is 24.1 Å². The normalized spacial score (nSPS) is 17.2. The number of allylic oxidation sites excluding steroid dienone is 1. The van der Waals surface area contributed by atoms with Crippen molar-refractivity contribution in [1.82, 2.24) is 10.3 Å². The van der Waals surface area contributed by atoms with Crippen molar-refractivity contribution in [2.75, 3.05) is 19.8 Å². The van der Waals surface area contributed by atoms with E-state index >= 15 is 0 Å². The van der Waals surface area contributed by atoms with Gasteiger partial charge in [-0.2, -0.15) is 0 Å². The van der Waals surface area contributed by atoms with E-state index in [4.69, 9.17) is 15.2 Å². The van der Waals surface area contributed by atoms with E-state index in [2.05, 4.69) is 10.3 Å².